The van der Waals surface area contributed by atoms with Gasteiger partial charge in [-0.05, 0) is 87.4 Å². The Labute approximate surface area is 275 Å². The molecule has 7 rings (SSSR count). The molecule has 47 heavy (non-hydrogen) atoms. The van der Waals surface area contributed by atoms with Gasteiger partial charge in [-0.1, -0.05) is 30.3 Å². The lowest BCUT2D eigenvalue weighted by molar-refractivity contribution is 0.0292. The molecule has 9 heteroatoms. The van der Waals surface area contributed by atoms with E-state index in [-0.39, 0.29) is 12.0 Å². The van der Waals surface area contributed by atoms with Gasteiger partial charge in [0.25, 0.3) is 0 Å². The molecule has 0 bridgehead atoms. The van der Waals surface area contributed by atoms with Crippen molar-refractivity contribution in [2.45, 2.75) is 64.5 Å². The molecule has 4 heterocycles. The van der Waals surface area contributed by atoms with Crippen LogP contribution in [0.4, 0.5) is 4.79 Å². The maximum absolute atomic E-state index is 12.7. The molecule has 1 saturated heterocycles. The highest BCUT2D eigenvalue weighted by molar-refractivity contribution is 5.93. The van der Waals surface area contributed by atoms with Crippen molar-refractivity contribution in [3.8, 4) is 34.0 Å². The van der Waals surface area contributed by atoms with Gasteiger partial charge in [0.15, 0.2) is 0 Å². The van der Waals surface area contributed by atoms with E-state index in [4.69, 9.17) is 29.3 Å². The number of pyridine rings is 2. The van der Waals surface area contributed by atoms with Crippen LogP contribution in [0.1, 0.15) is 61.9 Å². The first-order chi connectivity index (χ1) is 22.7. The van der Waals surface area contributed by atoms with Gasteiger partial charge in [-0.15, -0.1) is 0 Å². The SMILES string of the molecule is COc1ccc(Cn2nc(-c3ccc(C4CCN(C(=O)OC(C)(C)C)C4)nc3)c3nc(-c4cccc5c4CCC5)c(OC)cc32)cc1. The Morgan fingerprint density at radius 3 is 2.53 bits per heavy atom. The summed E-state index contributed by atoms with van der Waals surface area (Å²) in [6, 6.07) is 20.7. The third-order valence-corrected chi connectivity index (χ3v) is 9.12. The summed E-state index contributed by atoms with van der Waals surface area (Å²) in [6.45, 7) is 7.47. The summed E-state index contributed by atoms with van der Waals surface area (Å²) in [5, 5.41) is 5.13. The maximum Gasteiger partial charge on any atom is 0.410 e. The quantitative estimate of drug-likeness (QED) is 0.184. The zero-order chi connectivity index (χ0) is 32.7. The second-order valence-electron chi connectivity index (χ2n) is 13.4. The van der Waals surface area contributed by atoms with Gasteiger partial charge in [-0.3, -0.25) is 9.67 Å². The summed E-state index contributed by atoms with van der Waals surface area (Å²) in [7, 11) is 3.37. The Bertz CT molecular complexity index is 1930. The number of benzene rings is 2. The van der Waals surface area contributed by atoms with Gasteiger partial charge in [-0.25, -0.2) is 9.78 Å². The summed E-state index contributed by atoms with van der Waals surface area (Å²) < 4.78 is 18.9. The predicted molar refractivity (Wildman–Crippen MR) is 182 cm³/mol. The van der Waals surface area contributed by atoms with Gasteiger partial charge >= 0.3 is 6.09 Å². The van der Waals surface area contributed by atoms with Crippen LogP contribution in [0, 0.1) is 0 Å². The summed E-state index contributed by atoms with van der Waals surface area (Å²) in [6.07, 6.45) is 5.74. The maximum atomic E-state index is 12.7. The highest BCUT2D eigenvalue weighted by Crippen LogP contribution is 2.40. The highest BCUT2D eigenvalue weighted by Gasteiger charge is 2.31. The molecule has 0 radical (unpaired) electrons. The lowest BCUT2D eigenvalue weighted by atomic mass is 9.99. The zero-order valence-electron chi connectivity index (χ0n) is 27.7. The smallest absolute Gasteiger partial charge is 0.410 e. The van der Waals surface area contributed by atoms with Crippen LogP contribution in [-0.4, -0.2) is 63.7 Å². The van der Waals surface area contributed by atoms with E-state index in [1.54, 1.807) is 19.1 Å². The summed E-state index contributed by atoms with van der Waals surface area (Å²) >= 11 is 0. The topological polar surface area (TPSA) is 91.6 Å². The number of aromatic nitrogens is 4. The molecule has 2 aliphatic rings. The second kappa shape index (κ2) is 12.4. The van der Waals surface area contributed by atoms with Crippen LogP contribution < -0.4 is 9.47 Å². The Morgan fingerprint density at radius 1 is 0.979 bits per heavy atom. The van der Waals surface area contributed by atoms with E-state index in [0.29, 0.717) is 19.6 Å². The van der Waals surface area contributed by atoms with Crippen LogP contribution in [0.3, 0.4) is 0 Å². The van der Waals surface area contributed by atoms with Crippen molar-refractivity contribution < 1.29 is 19.0 Å². The van der Waals surface area contributed by atoms with Crippen LogP contribution in [0.25, 0.3) is 33.5 Å². The Hall–Kier alpha value is -4.92. The molecular formula is C38H41N5O4. The second-order valence-corrected chi connectivity index (χ2v) is 13.4. The average molecular weight is 632 g/mol. The van der Waals surface area contributed by atoms with Crippen LogP contribution in [0.5, 0.6) is 11.5 Å². The molecule has 1 unspecified atom stereocenters. The molecule has 0 saturated carbocycles. The van der Waals surface area contributed by atoms with Gasteiger partial charge in [0.05, 0.1) is 26.3 Å². The van der Waals surface area contributed by atoms with Crippen molar-refractivity contribution >= 4 is 17.1 Å². The fourth-order valence-electron chi connectivity index (χ4n) is 6.77. The first-order valence-electron chi connectivity index (χ1n) is 16.3. The third kappa shape index (κ3) is 6.14. The van der Waals surface area contributed by atoms with Crippen molar-refractivity contribution in [2.24, 2.45) is 0 Å². The molecule has 1 fully saturated rings. The number of fused-ring (bicyclic) bond motifs is 2. The summed E-state index contributed by atoms with van der Waals surface area (Å²) in [5.41, 5.74) is 9.57. The van der Waals surface area contributed by atoms with E-state index < -0.39 is 5.60 Å². The molecule has 0 spiro atoms. The van der Waals surface area contributed by atoms with Gasteiger partial charge in [-0.2, -0.15) is 5.10 Å². The van der Waals surface area contributed by atoms with E-state index in [0.717, 1.165) is 82.0 Å². The van der Waals surface area contributed by atoms with E-state index >= 15 is 0 Å². The number of nitrogens with zero attached hydrogens (tertiary/aromatic N) is 5. The molecule has 1 aliphatic carbocycles. The monoisotopic (exact) mass is 631 g/mol. The van der Waals surface area contributed by atoms with Crippen LogP contribution in [0.2, 0.25) is 0 Å². The standard InChI is InChI=1S/C38H41N5O4/c1-38(2,3)47-37(44)42-19-18-27(23-42)31-17-14-26(21-39-31)34-36-32(43(41-34)22-24-12-15-28(45-4)16-13-24)20-33(46-5)35(40-36)30-11-7-9-25-8-6-10-29(25)30/h7,9,11-17,20-21,27H,6,8,10,18-19,22-23H2,1-5H3. The Kier molecular flexibility index (Phi) is 8.08. The van der Waals surface area contributed by atoms with Gasteiger partial charge in [0, 0.05) is 48.1 Å². The van der Waals surface area contributed by atoms with Gasteiger partial charge in [0.1, 0.15) is 34.0 Å². The molecule has 1 amide bonds. The number of carbonyl (C=O) groups is 1. The summed E-state index contributed by atoms with van der Waals surface area (Å²) in [5.74, 6) is 1.69. The molecule has 9 nitrogen and oxygen atoms in total. The van der Waals surface area contributed by atoms with Crippen molar-refractivity contribution in [3.05, 3.63) is 89.2 Å². The number of carbonyl (C=O) groups excluding carboxylic acids is 1. The minimum absolute atomic E-state index is 0.148. The molecule has 5 aromatic rings. The number of methoxy groups -OCH3 is 2. The van der Waals surface area contributed by atoms with Crippen molar-refractivity contribution in [1.29, 1.82) is 0 Å². The van der Waals surface area contributed by atoms with Crippen molar-refractivity contribution in [3.63, 3.8) is 0 Å². The Balaban J connectivity index is 1.26. The largest absolute Gasteiger partial charge is 0.497 e. The van der Waals surface area contributed by atoms with E-state index in [9.17, 15) is 4.79 Å². The minimum Gasteiger partial charge on any atom is -0.497 e. The van der Waals surface area contributed by atoms with Crippen molar-refractivity contribution in [2.75, 3.05) is 27.3 Å². The lowest BCUT2D eigenvalue weighted by Crippen LogP contribution is -2.35. The molecule has 1 atom stereocenters. The first-order valence-corrected chi connectivity index (χ1v) is 16.3. The van der Waals surface area contributed by atoms with Gasteiger partial charge in [0.2, 0.25) is 0 Å². The van der Waals surface area contributed by atoms with Crippen LogP contribution >= 0.6 is 0 Å². The third-order valence-electron chi connectivity index (χ3n) is 9.12. The normalized spacial score (nSPS) is 16.0. The summed E-state index contributed by atoms with van der Waals surface area (Å²) in [4.78, 5) is 24.6. The molecular weight excluding hydrogens is 590 g/mol. The number of rotatable bonds is 7. The highest BCUT2D eigenvalue weighted by atomic mass is 16.6. The molecule has 1 aliphatic heterocycles. The number of ether oxygens (including phenoxy) is 3. The van der Waals surface area contributed by atoms with Gasteiger partial charge < -0.3 is 19.1 Å². The number of likely N-dealkylation sites (tertiary alicyclic amines) is 1. The minimum atomic E-state index is -0.521. The number of amides is 1. The molecule has 3 aromatic heterocycles. The number of hydrogen-bond donors (Lipinski definition) is 0. The van der Waals surface area contributed by atoms with E-state index in [2.05, 4.69) is 48.5 Å². The average Bonchev–Trinajstić information content (AvgIpc) is 3.83. The zero-order valence-corrected chi connectivity index (χ0v) is 27.7. The fourth-order valence-corrected chi connectivity index (χ4v) is 6.77. The van der Waals surface area contributed by atoms with Crippen LogP contribution in [-0.2, 0) is 24.1 Å². The Morgan fingerprint density at radius 2 is 1.81 bits per heavy atom. The number of hydrogen-bond acceptors (Lipinski definition) is 7. The molecule has 0 N–H and O–H groups in total. The number of aryl methyl sites for hydroxylation is 1. The molecule has 2 aromatic carbocycles. The van der Waals surface area contributed by atoms with E-state index in [1.807, 2.05) is 43.8 Å². The van der Waals surface area contributed by atoms with Crippen LogP contribution in [0.15, 0.2) is 66.9 Å². The predicted octanol–water partition coefficient (Wildman–Crippen LogP) is 7.44. The lowest BCUT2D eigenvalue weighted by Gasteiger charge is -2.24. The first kappa shape index (κ1) is 30.7. The molecule has 242 valence electrons. The fraction of sp³-hybridized carbons (Fsp3) is 0.368. The van der Waals surface area contributed by atoms with E-state index in [1.165, 1.54) is 11.1 Å². The van der Waals surface area contributed by atoms with Crippen molar-refractivity contribution in [1.82, 2.24) is 24.6 Å².